The van der Waals surface area contributed by atoms with Crippen LogP contribution in [0.15, 0.2) is 54.6 Å². The minimum atomic E-state index is -0.582. The van der Waals surface area contributed by atoms with Gasteiger partial charge in [-0.3, -0.25) is 0 Å². The zero-order valence-corrected chi connectivity index (χ0v) is 12.4. The molecule has 1 N–H and O–H groups in total. The molecule has 21 heavy (non-hydrogen) atoms. The van der Waals surface area contributed by atoms with Crippen LogP contribution < -0.4 is 9.47 Å². The summed E-state index contributed by atoms with van der Waals surface area (Å²) in [5, 5.41) is 10.3. The van der Waals surface area contributed by atoms with E-state index in [2.05, 4.69) is 6.92 Å². The summed E-state index contributed by atoms with van der Waals surface area (Å²) in [6, 6.07) is 17.2. The van der Waals surface area contributed by atoms with Crippen LogP contribution >= 0.6 is 0 Å². The Kier molecular flexibility index (Phi) is 6.10. The second kappa shape index (κ2) is 8.32. The largest absolute Gasteiger partial charge is 0.493 e. The average Bonchev–Trinajstić information content (AvgIpc) is 2.54. The highest BCUT2D eigenvalue weighted by molar-refractivity contribution is 5.35. The summed E-state index contributed by atoms with van der Waals surface area (Å²) in [5.74, 6) is 1.58. The predicted molar refractivity (Wildman–Crippen MR) is 83.7 cm³/mol. The van der Waals surface area contributed by atoms with Gasteiger partial charge in [-0.1, -0.05) is 43.3 Å². The first-order valence-electron chi connectivity index (χ1n) is 7.39. The van der Waals surface area contributed by atoms with Crippen molar-refractivity contribution in [3.05, 3.63) is 60.2 Å². The molecule has 0 aromatic heterocycles. The van der Waals surface area contributed by atoms with Crippen LogP contribution in [-0.2, 0) is 0 Å². The SMILES string of the molecule is CCCOc1ccccc1C(O)CCOc1ccccc1. The maximum atomic E-state index is 10.3. The number of para-hydroxylation sites is 2. The number of hydrogen-bond donors (Lipinski definition) is 1. The molecular weight excluding hydrogens is 264 g/mol. The lowest BCUT2D eigenvalue weighted by Gasteiger charge is -2.16. The normalized spacial score (nSPS) is 11.9. The fourth-order valence-corrected chi connectivity index (χ4v) is 2.06. The van der Waals surface area contributed by atoms with Crippen LogP contribution in [0, 0.1) is 0 Å². The molecule has 0 amide bonds. The highest BCUT2D eigenvalue weighted by Crippen LogP contribution is 2.27. The highest BCUT2D eigenvalue weighted by atomic mass is 16.5. The van der Waals surface area contributed by atoms with Gasteiger partial charge in [-0.15, -0.1) is 0 Å². The van der Waals surface area contributed by atoms with E-state index in [1.54, 1.807) is 0 Å². The molecule has 1 atom stereocenters. The number of benzene rings is 2. The lowest BCUT2D eigenvalue weighted by atomic mass is 10.1. The molecule has 3 nitrogen and oxygen atoms in total. The summed E-state index contributed by atoms with van der Waals surface area (Å²) in [6.45, 7) is 3.18. The first kappa shape index (κ1) is 15.4. The third kappa shape index (κ3) is 4.80. The molecular formula is C18H22O3. The van der Waals surface area contributed by atoms with Crippen LogP contribution in [0.2, 0.25) is 0 Å². The zero-order chi connectivity index (χ0) is 14.9. The van der Waals surface area contributed by atoms with E-state index in [1.165, 1.54) is 0 Å². The minimum absolute atomic E-state index is 0.466. The van der Waals surface area contributed by atoms with E-state index < -0.39 is 6.10 Å². The van der Waals surface area contributed by atoms with Crippen LogP contribution in [0.3, 0.4) is 0 Å². The van der Waals surface area contributed by atoms with E-state index >= 15 is 0 Å². The lowest BCUT2D eigenvalue weighted by molar-refractivity contribution is 0.136. The summed E-state index contributed by atoms with van der Waals surface area (Å²) in [7, 11) is 0. The fourth-order valence-electron chi connectivity index (χ4n) is 2.06. The Morgan fingerprint density at radius 2 is 1.62 bits per heavy atom. The molecule has 0 fully saturated rings. The van der Waals surface area contributed by atoms with Crippen molar-refractivity contribution in [2.75, 3.05) is 13.2 Å². The standard InChI is InChI=1S/C18H22O3/c1-2-13-21-18-11-7-6-10-16(18)17(19)12-14-20-15-8-4-3-5-9-15/h3-11,17,19H,2,12-14H2,1H3. The van der Waals surface area contributed by atoms with Gasteiger partial charge < -0.3 is 14.6 Å². The predicted octanol–water partition coefficient (Wildman–Crippen LogP) is 3.98. The number of hydrogen-bond acceptors (Lipinski definition) is 3. The molecule has 112 valence electrons. The van der Waals surface area contributed by atoms with Crippen molar-refractivity contribution in [2.24, 2.45) is 0 Å². The Labute approximate surface area is 126 Å². The number of rotatable bonds is 8. The van der Waals surface area contributed by atoms with Crippen molar-refractivity contribution in [3.8, 4) is 11.5 Å². The van der Waals surface area contributed by atoms with Crippen molar-refractivity contribution in [1.82, 2.24) is 0 Å². The van der Waals surface area contributed by atoms with Gasteiger partial charge in [0.2, 0.25) is 0 Å². The smallest absolute Gasteiger partial charge is 0.125 e. The van der Waals surface area contributed by atoms with Gasteiger partial charge >= 0.3 is 0 Å². The quantitative estimate of drug-likeness (QED) is 0.797. The van der Waals surface area contributed by atoms with Crippen molar-refractivity contribution in [1.29, 1.82) is 0 Å². The van der Waals surface area contributed by atoms with Gasteiger partial charge in [-0.05, 0) is 24.6 Å². The first-order valence-corrected chi connectivity index (χ1v) is 7.39. The lowest BCUT2D eigenvalue weighted by Crippen LogP contribution is -2.07. The molecule has 0 heterocycles. The van der Waals surface area contributed by atoms with Crippen molar-refractivity contribution < 1.29 is 14.6 Å². The van der Waals surface area contributed by atoms with Crippen LogP contribution in [0.4, 0.5) is 0 Å². The molecule has 0 aliphatic heterocycles. The molecule has 0 saturated carbocycles. The van der Waals surface area contributed by atoms with Crippen LogP contribution in [0.1, 0.15) is 31.4 Å². The number of aliphatic hydroxyl groups is 1. The van der Waals surface area contributed by atoms with Gasteiger partial charge in [0.1, 0.15) is 11.5 Å². The molecule has 2 aromatic rings. The Morgan fingerprint density at radius 1 is 0.905 bits per heavy atom. The van der Waals surface area contributed by atoms with Gasteiger partial charge in [0.25, 0.3) is 0 Å². The highest BCUT2D eigenvalue weighted by Gasteiger charge is 2.13. The van der Waals surface area contributed by atoms with Crippen LogP contribution in [0.25, 0.3) is 0 Å². The van der Waals surface area contributed by atoms with E-state index in [-0.39, 0.29) is 0 Å². The van der Waals surface area contributed by atoms with E-state index in [9.17, 15) is 5.11 Å². The van der Waals surface area contributed by atoms with E-state index in [1.807, 2.05) is 54.6 Å². The monoisotopic (exact) mass is 286 g/mol. The average molecular weight is 286 g/mol. The minimum Gasteiger partial charge on any atom is -0.493 e. The second-order valence-electron chi connectivity index (χ2n) is 4.85. The molecule has 2 aromatic carbocycles. The van der Waals surface area contributed by atoms with E-state index in [4.69, 9.17) is 9.47 Å². The van der Waals surface area contributed by atoms with Crippen molar-refractivity contribution in [2.45, 2.75) is 25.9 Å². The summed E-state index contributed by atoms with van der Waals surface area (Å²) in [6.07, 6.45) is 0.893. The van der Waals surface area contributed by atoms with Gasteiger partial charge in [-0.25, -0.2) is 0 Å². The third-order valence-corrected chi connectivity index (χ3v) is 3.14. The molecule has 3 heteroatoms. The van der Waals surface area contributed by atoms with Gasteiger partial charge in [-0.2, -0.15) is 0 Å². The number of ether oxygens (including phenoxy) is 2. The summed E-state index contributed by atoms with van der Waals surface area (Å²) in [4.78, 5) is 0. The summed E-state index contributed by atoms with van der Waals surface area (Å²) in [5.41, 5.74) is 0.822. The fraction of sp³-hybridized carbons (Fsp3) is 0.333. The molecule has 0 aliphatic rings. The molecule has 1 unspecified atom stereocenters. The van der Waals surface area contributed by atoms with Gasteiger partial charge in [0.15, 0.2) is 0 Å². The molecule has 0 bridgehead atoms. The van der Waals surface area contributed by atoms with E-state index in [0.717, 1.165) is 23.5 Å². The molecule has 2 rings (SSSR count). The molecule has 0 radical (unpaired) electrons. The summed E-state index contributed by atoms with van der Waals surface area (Å²) < 4.78 is 11.3. The molecule has 0 saturated heterocycles. The molecule has 0 aliphatic carbocycles. The van der Waals surface area contributed by atoms with Crippen LogP contribution in [0.5, 0.6) is 11.5 Å². The second-order valence-corrected chi connectivity index (χ2v) is 4.85. The van der Waals surface area contributed by atoms with Crippen molar-refractivity contribution in [3.63, 3.8) is 0 Å². The Balaban J connectivity index is 1.89. The maximum Gasteiger partial charge on any atom is 0.125 e. The maximum absolute atomic E-state index is 10.3. The summed E-state index contributed by atoms with van der Waals surface area (Å²) >= 11 is 0. The Hall–Kier alpha value is -2.00. The van der Waals surface area contributed by atoms with Gasteiger partial charge in [0.05, 0.1) is 19.3 Å². The Morgan fingerprint density at radius 3 is 2.38 bits per heavy atom. The number of aliphatic hydroxyl groups excluding tert-OH is 1. The van der Waals surface area contributed by atoms with Crippen LogP contribution in [-0.4, -0.2) is 18.3 Å². The van der Waals surface area contributed by atoms with E-state index in [0.29, 0.717) is 19.6 Å². The topological polar surface area (TPSA) is 38.7 Å². The first-order chi connectivity index (χ1) is 10.3. The Bertz CT molecular complexity index is 525. The third-order valence-electron chi connectivity index (χ3n) is 3.14. The van der Waals surface area contributed by atoms with Gasteiger partial charge in [0, 0.05) is 12.0 Å². The molecule has 0 spiro atoms. The van der Waals surface area contributed by atoms with Crippen molar-refractivity contribution >= 4 is 0 Å². The zero-order valence-electron chi connectivity index (χ0n) is 12.4.